The van der Waals surface area contributed by atoms with Crippen LogP contribution in [0, 0.1) is 0 Å². The van der Waals surface area contributed by atoms with Crippen LogP contribution < -0.4 is 0 Å². The molecule has 0 amide bonds. The zero-order valence-electron chi connectivity index (χ0n) is 11.1. The fourth-order valence-corrected chi connectivity index (χ4v) is 2.93. The number of rotatable bonds is 1. The normalized spacial score (nSPS) is 11.1. The number of aromatic nitrogens is 2. The largest absolute Gasteiger partial charge is 0.254 e. The standard InChI is InChI=1S/C18H11BrN2/c19-18-9-8-16-17(21-18)10-13(11-20-16)15-7-3-5-12-4-1-2-6-14(12)15/h1-11H. The van der Waals surface area contributed by atoms with E-state index in [1.54, 1.807) is 0 Å². The lowest BCUT2D eigenvalue weighted by Crippen LogP contribution is -1.87. The summed E-state index contributed by atoms with van der Waals surface area (Å²) in [6.07, 6.45) is 1.92. The summed E-state index contributed by atoms with van der Waals surface area (Å²) in [5.41, 5.74) is 4.08. The van der Waals surface area contributed by atoms with Gasteiger partial charge in [-0.25, -0.2) is 4.98 Å². The maximum absolute atomic E-state index is 4.52. The van der Waals surface area contributed by atoms with Crippen LogP contribution >= 0.6 is 15.9 Å². The van der Waals surface area contributed by atoms with Crippen molar-refractivity contribution < 1.29 is 0 Å². The van der Waals surface area contributed by atoms with Gasteiger partial charge in [-0.1, -0.05) is 42.5 Å². The molecule has 0 unspecified atom stereocenters. The van der Waals surface area contributed by atoms with E-state index in [9.17, 15) is 0 Å². The first kappa shape index (κ1) is 12.5. The highest BCUT2D eigenvalue weighted by molar-refractivity contribution is 9.10. The molecule has 0 atom stereocenters. The molecule has 21 heavy (non-hydrogen) atoms. The number of benzene rings is 2. The molecule has 0 aliphatic carbocycles. The molecule has 0 aliphatic rings. The van der Waals surface area contributed by atoms with Crippen LogP contribution in [-0.2, 0) is 0 Å². The van der Waals surface area contributed by atoms with Crippen molar-refractivity contribution in [1.29, 1.82) is 0 Å². The van der Waals surface area contributed by atoms with Gasteiger partial charge in [-0.05, 0) is 50.5 Å². The molecule has 2 nitrogen and oxygen atoms in total. The maximum atomic E-state index is 4.52. The lowest BCUT2D eigenvalue weighted by atomic mass is 9.99. The predicted molar refractivity (Wildman–Crippen MR) is 90.2 cm³/mol. The van der Waals surface area contributed by atoms with Crippen LogP contribution in [-0.4, -0.2) is 9.97 Å². The number of hydrogen-bond donors (Lipinski definition) is 0. The summed E-state index contributed by atoms with van der Waals surface area (Å²) in [7, 11) is 0. The molecule has 0 fully saturated rings. The Morgan fingerprint density at radius 3 is 2.62 bits per heavy atom. The lowest BCUT2D eigenvalue weighted by Gasteiger charge is -2.07. The minimum absolute atomic E-state index is 0.826. The van der Waals surface area contributed by atoms with Crippen LogP contribution in [0.1, 0.15) is 0 Å². The molecule has 4 aromatic rings. The summed E-state index contributed by atoms with van der Waals surface area (Å²) >= 11 is 3.41. The average molecular weight is 335 g/mol. The van der Waals surface area contributed by atoms with Crippen LogP contribution in [0.15, 0.2) is 71.5 Å². The Hall–Kier alpha value is -2.26. The van der Waals surface area contributed by atoms with Gasteiger partial charge in [0.05, 0.1) is 11.0 Å². The van der Waals surface area contributed by atoms with Crippen molar-refractivity contribution in [2.24, 2.45) is 0 Å². The minimum atomic E-state index is 0.826. The van der Waals surface area contributed by atoms with Crippen molar-refractivity contribution in [3.63, 3.8) is 0 Å². The Kier molecular flexibility index (Phi) is 2.93. The fraction of sp³-hybridized carbons (Fsp3) is 0. The molecule has 100 valence electrons. The van der Waals surface area contributed by atoms with Gasteiger partial charge in [0.1, 0.15) is 4.60 Å². The van der Waals surface area contributed by atoms with Gasteiger partial charge >= 0.3 is 0 Å². The van der Waals surface area contributed by atoms with Gasteiger partial charge in [-0.2, -0.15) is 0 Å². The molecule has 2 heterocycles. The molecule has 3 heteroatoms. The first-order valence-corrected chi connectivity index (χ1v) is 7.51. The maximum Gasteiger partial charge on any atom is 0.106 e. The number of fused-ring (bicyclic) bond motifs is 2. The zero-order valence-corrected chi connectivity index (χ0v) is 12.7. The van der Waals surface area contributed by atoms with E-state index in [0.717, 1.165) is 21.2 Å². The molecule has 0 bridgehead atoms. The second-order valence-electron chi connectivity index (χ2n) is 4.92. The van der Waals surface area contributed by atoms with E-state index in [1.165, 1.54) is 16.3 Å². The third-order valence-electron chi connectivity index (χ3n) is 3.60. The first-order valence-electron chi connectivity index (χ1n) is 6.72. The number of pyridine rings is 2. The summed E-state index contributed by atoms with van der Waals surface area (Å²) in [5.74, 6) is 0. The van der Waals surface area contributed by atoms with Gasteiger partial charge in [0.15, 0.2) is 0 Å². The SMILES string of the molecule is Brc1ccc2ncc(-c3cccc4ccccc34)cc2n1. The van der Waals surface area contributed by atoms with E-state index in [1.807, 2.05) is 18.3 Å². The van der Waals surface area contributed by atoms with Crippen molar-refractivity contribution in [2.75, 3.05) is 0 Å². The highest BCUT2D eigenvalue weighted by atomic mass is 79.9. The average Bonchev–Trinajstić information content (AvgIpc) is 2.53. The van der Waals surface area contributed by atoms with E-state index in [0.29, 0.717) is 0 Å². The van der Waals surface area contributed by atoms with Crippen molar-refractivity contribution in [3.05, 3.63) is 71.5 Å². The molecule has 0 aliphatic heterocycles. The van der Waals surface area contributed by atoms with Crippen LogP contribution in [0.4, 0.5) is 0 Å². The molecule has 0 saturated heterocycles. The Bertz CT molecular complexity index is 958. The molecular formula is C18H11BrN2. The second-order valence-corrected chi connectivity index (χ2v) is 5.74. The molecule has 2 aromatic carbocycles. The van der Waals surface area contributed by atoms with Crippen molar-refractivity contribution in [1.82, 2.24) is 9.97 Å². The van der Waals surface area contributed by atoms with E-state index in [4.69, 9.17) is 0 Å². The second kappa shape index (κ2) is 4.93. The van der Waals surface area contributed by atoms with Gasteiger partial charge in [-0.15, -0.1) is 0 Å². The van der Waals surface area contributed by atoms with Gasteiger partial charge in [0.25, 0.3) is 0 Å². The third-order valence-corrected chi connectivity index (χ3v) is 4.05. The van der Waals surface area contributed by atoms with E-state index in [2.05, 4.69) is 74.4 Å². The number of hydrogen-bond acceptors (Lipinski definition) is 2. The Balaban J connectivity index is 2.00. The smallest absolute Gasteiger partial charge is 0.106 e. The van der Waals surface area contributed by atoms with E-state index < -0.39 is 0 Å². The van der Waals surface area contributed by atoms with Crippen LogP contribution in [0.25, 0.3) is 32.9 Å². The molecule has 4 rings (SSSR count). The summed E-state index contributed by atoms with van der Waals surface area (Å²) in [6, 6.07) is 20.7. The van der Waals surface area contributed by atoms with Crippen LogP contribution in [0.2, 0.25) is 0 Å². The zero-order chi connectivity index (χ0) is 14.2. The van der Waals surface area contributed by atoms with Crippen LogP contribution in [0.5, 0.6) is 0 Å². The van der Waals surface area contributed by atoms with Gasteiger partial charge in [-0.3, -0.25) is 4.98 Å². The highest BCUT2D eigenvalue weighted by Gasteiger charge is 2.06. The third kappa shape index (κ3) is 2.20. The first-order chi connectivity index (χ1) is 10.3. The minimum Gasteiger partial charge on any atom is -0.254 e. The number of halogens is 1. The molecule has 0 radical (unpaired) electrons. The quantitative estimate of drug-likeness (QED) is 0.446. The fourth-order valence-electron chi connectivity index (χ4n) is 2.61. The molecule has 0 spiro atoms. The van der Waals surface area contributed by atoms with Gasteiger partial charge < -0.3 is 0 Å². The Labute approximate surface area is 130 Å². The van der Waals surface area contributed by atoms with Gasteiger partial charge in [0, 0.05) is 11.8 Å². The molecular weight excluding hydrogens is 324 g/mol. The van der Waals surface area contributed by atoms with Crippen molar-refractivity contribution in [3.8, 4) is 11.1 Å². The topological polar surface area (TPSA) is 25.8 Å². The van der Waals surface area contributed by atoms with E-state index in [-0.39, 0.29) is 0 Å². The van der Waals surface area contributed by atoms with E-state index >= 15 is 0 Å². The summed E-state index contributed by atoms with van der Waals surface area (Å²) in [4.78, 5) is 9.02. The van der Waals surface area contributed by atoms with Gasteiger partial charge in [0.2, 0.25) is 0 Å². The lowest BCUT2D eigenvalue weighted by molar-refractivity contribution is 1.30. The Morgan fingerprint density at radius 2 is 1.67 bits per heavy atom. The van der Waals surface area contributed by atoms with Crippen molar-refractivity contribution >= 4 is 37.7 Å². The highest BCUT2D eigenvalue weighted by Crippen LogP contribution is 2.29. The van der Waals surface area contributed by atoms with Crippen LogP contribution in [0.3, 0.4) is 0 Å². The number of nitrogens with zero attached hydrogens (tertiary/aromatic N) is 2. The molecule has 2 aromatic heterocycles. The summed E-state index contributed by atoms with van der Waals surface area (Å²) in [5, 5.41) is 2.47. The van der Waals surface area contributed by atoms with Crippen molar-refractivity contribution in [2.45, 2.75) is 0 Å². The molecule has 0 saturated carbocycles. The Morgan fingerprint density at radius 1 is 0.810 bits per heavy atom. The summed E-state index contributed by atoms with van der Waals surface area (Å²) < 4.78 is 0.826. The molecule has 0 N–H and O–H groups in total. The monoisotopic (exact) mass is 334 g/mol. The predicted octanol–water partition coefficient (Wildman–Crippen LogP) is 5.21. The summed E-state index contributed by atoms with van der Waals surface area (Å²) in [6.45, 7) is 0.